The molecule has 1 N–H and O–H groups in total. The summed E-state index contributed by atoms with van der Waals surface area (Å²) >= 11 is 0. The molecule has 106 valence electrons. The molecule has 19 heavy (non-hydrogen) atoms. The largest absolute Gasteiger partial charge is 0.395 e. The molecule has 0 radical (unpaired) electrons. The van der Waals surface area contributed by atoms with Crippen molar-refractivity contribution in [1.29, 1.82) is 0 Å². The Hall–Kier alpha value is -1.40. The average molecular weight is 285 g/mol. The maximum absolute atomic E-state index is 12.1. The number of benzene rings is 1. The number of amides is 1. The molecule has 1 rings (SSSR count). The lowest BCUT2D eigenvalue weighted by Crippen LogP contribution is -2.42. The Labute approximate surface area is 113 Å². The van der Waals surface area contributed by atoms with Crippen molar-refractivity contribution in [2.45, 2.75) is 18.7 Å². The molecule has 1 atom stereocenters. The van der Waals surface area contributed by atoms with E-state index < -0.39 is 21.0 Å². The molecule has 5 nitrogen and oxygen atoms in total. The highest BCUT2D eigenvalue weighted by atomic mass is 32.2. The minimum absolute atomic E-state index is 0.119. The molecule has 1 aromatic rings. The van der Waals surface area contributed by atoms with E-state index >= 15 is 0 Å². The minimum atomic E-state index is -3.43. The lowest BCUT2D eigenvalue weighted by Gasteiger charge is -2.24. The predicted molar refractivity (Wildman–Crippen MR) is 73.3 cm³/mol. The summed E-state index contributed by atoms with van der Waals surface area (Å²) in [6.45, 7) is 1.58. The van der Waals surface area contributed by atoms with Crippen LogP contribution in [-0.4, -0.2) is 49.0 Å². The molecule has 0 saturated heterocycles. The van der Waals surface area contributed by atoms with Gasteiger partial charge in [-0.05, 0) is 12.5 Å². The second-order valence-corrected chi connectivity index (χ2v) is 6.81. The number of carbonyl (C=O) groups is 1. The molecule has 0 spiro atoms. The van der Waals surface area contributed by atoms with Gasteiger partial charge in [-0.2, -0.15) is 0 Å². The summed E-state index contributed by atoms with van der Waals surface area (Å²) in [5.41, 5.74) is 0.894. The Kier molecular flexibility index (Phi) is 5.50. The van der Waals surface area contributed by atoms with Crippen molar-refractivity contribution in [3.8, 4) is 0 Å². The van der Waals surface area contributed by atoms with Gasteiger partial charge < -0.3 is 10.0 Å². The van der Waals surface area contributed by atoms with Gasteiger partial charge >= 0.3 is 0 Å². The molecule has 0 aliphatic carbocycles. The molecule has 1 unspecified atom stereocenters. The summed E-state index contributed by atoms with van der Waals surface area (Å²) in [6, 6.07) is 9.25. The van der Waals surface area contributed by atoms with Crippen LogP contribution in [-0.2, 0) is 21.2 Å². The van der Waals surface area contributed by atoms with E-state index in [1.54, 1.807) is 0 Å². The normalized spacial score (nSPS) is 13.0. The smallest absolute Gasteiger partial charge is 0.240 e. The summed E-state index contributed by atoms with van der Waals surface area (Å²) in [7, 11) is -3.43. The fourth-order valence-electron chi connectivity index (χ4n) is 1.63. The van der Waals surface area contributed by atoms with Crippen LogP contribution in [0.25, 0.3) is 0 Å². The van der Waals surface area contributed by atoms with Gasteiger partial charge in [-0.1, -0.05) is 30.3 Å². The maximum atomic E-state index is 12.1. The summed E-state index contributed by atoms with van der Waals surface area (Å²) in [4.78, 5) is 13.5. The monoisotopic (exact) mass is 285 g/mol. The first-order valence-corrected chi connectivity index (χ1v) is 7.94. The van der Waals surface area contributed by atoms with Crippen LogP contribution in [0, 0.1) is 0 Å². The molecule has 0 fully saturated rings. The van der Waals surface area contributed by atoms with Gasteiger partial charge in [0.1, 0.15) is 5.25 Å². The summed E-state index contributed by atoms with van der Waals surface area (Å²) in [5.74, 6) is -0.486. The van der Waals surface area contributed by atoms with E-state index in [1.165, 1.54) is 11.8 Å². The highest BCUT2D eigenvalue weighted by Crippen LogP contribution is 2.09. The number of sulfone groups is 1. The van der Waals surface area contributed by atoms with Gasteiger partial charge in [-0.15, -0.1) is 0 Å². The van der Waals surface area contributed by atoms with Gasteiger partial charge in [0.05, 0.1) is 6.61 Å². The van der Waals surface area contributed by atoms with Crippen LogP contribution in [0.15, 0.2) is 30.3 Å². The van der Waals surface area contributed by atoms with Gasteiger partial charge in [0.25, 0.3) is 0 Å². The topological polar surface area (TPSA) is 74.7 Å². The van der Waals surface area contributed by atoms with Gasteiger partial charge in [0, 0.05) is 19.3 Å². The van der Waals surface area contributed by atoms with Gasteiger partial charge in [-0.25, -0.2) is 8.42 Å². The van der Waals surface area contributed by atoms with Crippen molar-refractivity contribution in [2.24, 2.45) is 0 Å². The maximum Gasteiger partial charge on any atom is 0.240 e. The molecule has 0 aliphatic rings. The third-order valence-electron chi connectivity index (χ3n) is 2.89. The number of hydrogen-bond acceptors (Lipinski definition) is 4. The molecular formula is C13H19NO4S. The first-order valence-electron chi connectivity index (χ1n) is 5.98. The van der Waals surface area contributed by atoms with Crippen molar-refractivity contribution < 1.29 is 18.3 Å². The molecular weight excluding hydrogens is 266 g/mol. The first-order chi connectivity index (χ1) is 8.86. The molecule has 1 aromatic carbocycles. The van der Waals surface area contributed by atoms with Crippen LogP contribution in [0.5, 0.6) is 0 Å². The summed E-state index contributed by atoms with van der Waals surface area (Å²) < 4.78 is 22.8. The Morgan fingerprint density at radius 3 is 2.37 bits per heavy atom. The zero-order chi connectivity index (χ0) is 14.5. The molecule has 0 heterocycles. The lowest BCUT2D eigenvalue weighted by atomic mass is 10.2. The number of aliphatic hydroxyl groups is 1. The number of nitrogens with zero attached hydrogens (tertiary/aromatic N) is 1. The molecule has 0 aliphatic heterocycles. The first kappa shape index (κ1) is 15.7. The second kappa shape index (κ2) is 6.68. The van der Waals surface area contributed by atoms with E-state index in [1.807, 2.05) is 30.3 Å². The Morgan fingerprint density at radius 2 is 1.89 bits per heavy atom. The third kappa shape index (κ3) is 4.65. The zero-order valence-corrected chi connectivity index (χ0v) is 11.9. The standard InChI is InChI=1S/C13H19NO4S/c1-11(19(2,17)18)13(16)14(8-9-15)10-12-6-4-3-5-7-12/h3-7,11,15H,8-10H2,1-2H3. The van der Waals surface area contributed by atoms with Crippen molar-refractivity contribution in [1.82, 2.24) is 4.90 Å². The molecule has 0 bridgehead atoms. The Balaban J connectivity index is 2.86. The highest BCUT2D eigenvalue weighted by molar-refractivity contribution is 7.92. The van der Waals surface area contributed by atoms with Crippen molar-refractivity contribution in [3.05, 3.63) is 35.9 Å². The van der Waals surface area contributed by atoms with E-state index in [4.69, 9.17) is 5.11 Å². The Bertz CT molecular complexity index is 513. The van der Waals surface area contributed by atoms with E-state index in [-0.39, 0.29) is 13.2 Å². The zero-order valence-electron chi connectivity index (χ0n) is 11.1. The Morgan fingerprint density at radius 1 is 1.32 bits per heavy atom. The third-order valence-corrected chi connectivity index (χ3v) is 4.37. The predicted octanol–water partition coefficient (Wildman–Crippen LogP) is 0.441. The summed E-state index contributed by atoms with van der Waals surface area (Å²) in [6.07, 6.45) is 1.04. The summed E-state index contributed by atoms with van der Waals surface area (Å²) in [5, 5.41) is 7.91. The van der Waals surface area contributed by atoms with E-state index in [2.05, 4.69) is 0 Å². The SMILES string of the molecule is CC(C(=O)N(CCO)Cc1ccccc1)S(C)(=O)=O. The number of carbonyl (C=O) groups excluding carboxylic acids is 1. The van der Waals surface area contributed by atoms with Crippen LogP contribution in [0.4, 0.5) is 0 Å². The van der Waals surface area contributed by atoms with Crippen LogP contribution < -0.4 is 0 Å². The average Bonchev–Trinajstić information content (AvgIpc) is 2.36. The molecule has 1 amide bonds. The number of rotatable bonds is 6. The van der Waals surface area contributed by atoms with Crippen molar-refractivity contribution in [3.63, 3.8) is 0 Å². The number of hydrogen-bond donors (Lipinski definition) is 1. The molecule has 6 heteroatoms. The van der Waals surface area contributed by atoms with Crippen molar-refractivity contribution in [2.75, 3.05) is 19.4 Å². The minimum Gasteiger partial charge on any atom is -0.395 e. The van der Waals surface area contributed by atoms with Gasteiger partial charge in [0.2, 0.25) is 5.91 Å². The quantitative estimate of drug-likeness (QED) is 0.823. The van der Waals surface area contributed by atoms with Crippen LogP contribution >= 0.6 is 0 Å². The van der Waals surface area contributed by atoms with Crippen LogP contribution in [0.1, 0.15) is 12.5 Å². The second-order valence-electron chi connectivity index (χ2n) is 4.44. The van der Waals surface area contributed by atoms with Crippen molar-refractivity contribution >= 4 is 15.7 Å². The fraction of sp³-hybridized carbons (Fsp3) is 0.462. The van der Waals surface area contributed by atoms with Gasteiger partial charge in [0.15, 0.2) is 9.84 Å². The van der Waals surface area contributed by atoms with E-state index in [0.29, 0.717) is 6.54 Å². The lowest BCUT2D eigenvalue weighted by molar-refractivity contribution is -0.131. The van der Waals surface area contributed by atoms with Crippen LogP contribution in [0.2, 0.25) is 0 Å². The van der Waals surface area contributed by atoms with Crippen LogP contribution in [0.3, 0.4) is 0 Å². The molecule has 0 saturated carbocycles. The highest BCUT2D eigenvalue weighted by Gasteiger charge is 2.28. The fourth-order valence-corrected chi connectivity index (χ4v) is 2.15. The van der Waals surface area contributed by atoms with E-state index in [0.717, 1.165) is 11.8 Å². The van der Waals surface area contributed by atoms with Gasteiger partial charge in [-0.3, -0.25) is 4.79 Å². The molecule has 0 aromatic heterocycles. The van der Waals surface area contributed by atoms with E-state index in [9.17, 15) is 13.2 Å². The number of aliphatic hydroxyl groups excluding tert-OH is 1.